The molecule has 0 aliphatic heterocycles. The molecule has 4 unspecified atom stereocenters. The van der Waals surface area contributed by atoms with Crippen molar-refractivity contribution >= 4 is 22.1 Å². The second-order valence-corrected chi connectivity index (χ2v) is 12.2. The van der Waals surface area contributed by atoms with Crippen LogP contribution in [-0.2, 0) is 29.2 Å². The molecular formula is C26H47NaO7S. The van der Waals surface area contributed by atoms with Crippen molar-refractivity contribution in [3.05, 3.63) is 0 Å². The average Bonchev–Trinajstić information content (AvgIpc) is 2.82. The Balaban J connectivity index is 0.0000116. The van der Waals surface area contributed by atoms with Gasteiger partial charge < -0.3 is 14.0 Å². The van der Waals surface area contributed by atoms with Gasteiger partial charge in [0.2, 0.25) is 0 Å². The summed E-state index contributed by atoms with van der Waals surface area (Å²) in [6.45, 7) is 10.5. The monoisotopic (exact) mass is 526 g/mol. The van der Waals surface area contributed by atoms with Gasteiger partial charge in [-0.25, -0.2) is 8.42 Å². The largest absolute Gasteiger partial charge is 1.00 e. The van der Waals surface area contributed by atoms with Crippen LogP contribution >= 0.6 is 0 Å². The third-order valence-corrected chi connectivity index (χ3v) is 9.37. The van der Waals surface area contributed by atoms with Crippen LogP contribution in [0.5, 0.6) is 0 Å². The summed E-state index contributed by atoms with van der Waals surface area (Å²) in [7, 11) is -2.88. The van der Waals surface area contributed by atoms with Crippen LogP contribution in [0.25, 0.3) is 0 Å². The fourth-order valence-corrected chi connectivity index (χ4v) is 6.08. The molecule has 0 heterocycles. The van der Waals surface area contributed by atoms with Crippen molar-refractivity contribution in [3.8, 4) is 0 Å². The third-order valence-electron chi connectivity index (χ3n) is 8.08. The van der Waals surface area contributed by atoms with Gasteiger partial charge in [-0.05, 0) is 76.0 Å². The molecule has 4 atom stereocenters. The first-order valence-corrected chi connectivity index (χ1v) is 14.6. The van der Waals surface area contributed by atoms with Gasteiger partial charge in [-0.2, -0.15) is 0 Å². The van der Waals surface area contributed by atoms with Gasteiger partial charge in [0.1, 0.15) is 0 Å². The molecule has 0 aromatic rings. The number of methoxy groups -OCH3 is 1. The number of esters is 2. The maximum atomic E-state index is 13.2. The number of carbonyl (C=O) groups is 2. The van der Waals surface area contributed by atoms with Crippen molar-refractivity contribution in [3.63, 3.8) is 0 Å². The Bertz CT molecular complexity index is 734. The van der Waals surface area contributed by atoms with E-state index >= 15 is 0 Å². The molecule has 0 radical (unpaired) electrons. The van der Waals surface area contributed by atoms with Gasteiger partial charge in [-0.3, -0.25) is 9.59 Å². The third kappa shape index (κ3) is 11.4. The molecule has 1 aliphatic rings. The summed E-state index contributed by atoms with van der Waals surface area (Å²) in [5, 5.41) is -0.798. The summed E-state index contributed by atoms with van der Waals surface area (Å²) in [6, 6.07) is 0. The van der Waals surface area contributed by atoms with Gasteiger partial charge in [-0.15, -0.1) is 0 Å². The van der Waals surface area contributed by atoms with Crippen LogP contribution in [0.3, 0.4) is 0 Å². The minimum Gasteiger partial charge on any atom is -0.748 e. The molecule has 7 nitrogen and oxygen atoms in total. The van der Waals surface area contributed by atoms with Crippen LogP contribution in [0.2, 0.25) is 0 Å². The van der Waals surface area contributed by atoms with E-state index in [1.807, 2.05) is 13.8 Å². The van der Waals surface area contributed by atoms with Crippen molar-refractivity contribution in [1.82, 2.24) is 0 Å². The van der Waals surface area contributed by atoms with E-state index in [4.69, 9.17) is 9.47 Å². The number of hydrogen-bond acceptors (Lipinski definition) is 7. The topological polar surface area (TPSA) is 110 Å². The molecule has 1 rings (SSSR count). The summed E-state index contributed by atoms with van der Waals surface area (Å²) in [6.07, 6.45) is 7.74. The molecule has 200 valence electrons. The molecule has 0 saturated heterocycles. The molecule has 0 amide bonds. The molecule has 1 saturated carbocycles. The zero-order chi connectivity index (χ0) is 25.9. The molecule has 0 spiro atoms. The molecule has 0 bridgehead atoms. The van der Waals surface area contributed by atoms with E-state index in [1.165, 1.54) is 7.11 Å². The molecule has 35 heavy (non-hydrogen) atoms. The Morgan fingerprint density at radius 2 is 1.71 bits per heavy atom. The molecule has 0 aromatic carbocycles. The minimum absolute atomic E-state index is 0. The fourth-order valence-electron chi connectivity index (χ4n) is 5.23. The van der Waals surface area contributed by atoms with Gasteiger partial charge in [0.15, 0.2) is 0 Å². The van der Waals surface area contributed by atoms with E-state index in [0.717, 1.165) is 25.7 Å². The Morgan fingerprint density at radius 1 is 1.11 bits per heavy atom. The van der Waals surface area contributed by atoms with Crippen LogP contribution in [0.1, 0.15) is 105 Å². The zero-order valence-corrected chi connectivity index (χ0v) is 26.0. The first-order chi connectivity index (χ1) is 15.9. The summed E-state index contributed by atoms with van der Waals surface area (Å²) < 4.78 is 44.9. The number of carbonyl (C=O) groups excluding carboxylic acids is 2. The summed E-state index contributed by atoms with van der Waals surface area (Å²) >= 11 is 0. The normalized spacial score (nSPS) is 22.7. The Hall–Kier alpha value is -0.150. The number of hydrogen-bond donors (Lipinski definition) is 0. The predicted molar refractivity (Wildman–Crippen MR) is 132 cm³/mol. The van der Waals surface area contributed by atoms with E-state index in [0.29, 0.717) is 57.5 Å². The quantitative estimate of drug-likeness (QED) is 0.183. The average molecular weight is 527 g/mol. The van der Waals surface area contributed by atoms with Crippen LogP contribution in [0, 0.1) is 29.1 Å². The standard InChI is InChI=1S/C26H48O7S.Na/c1-7-10-11-20(8-2)18-33-24(27)22(17-26(5,9-3)25(28)32-6)16-19(4)21-12-14-23(15-13-21)34(29,30)31;/h19-23H,7-18H2,1-6H3,(H,29,30,31);/q;+1/p-1. The summed E-state index contributed by atoms with van der Waals surface area (Å²) in [4.78, 5) is 25.8. The second kappa shape index (κ2) is 16.6. The van der Waals surface area contributed by atoms with E-state index < -0.39 is 26.7 Å². The van der Waals surface area contributed by atoms with Crippen molar-refractivity contribution in [2.75, 3.05) is 13.7 Å². The van der Waals surface area contributed by atoms with Crippen molar-refractivity contribution in [2.24, 2.45) is 29.1 Å². The van der Waals surface area contributed by atoms with E-state index in [1.54, 1.807) is 0 Å². The molecule has 9 heteroatoms. The van der Waals surface area contributed by atoms with E-state index in [-0.39, 0.29) is 53.3 Å². The van der Waals surface area contributed by atoms with Crippen LogP contribution in [-0.4, -0.2) is 43.9 Å². The smallest absolute Gasteiger partial charge is 0.748 e. The molecule has 1 aliphatic carbocycles. The van der Waals surface area contributed by atoms with E-state index in [2.05, 4.69) is 20.8 Å². The van der Waals surface area contributed by atoms with Gasteiger partial charge in [0.25, 0.3) is 0 Å². The maximum Gasteiger partial charge on any atom is 1.00 e. The molecule has 1 fully saturated rings. The number of ether oxygens (including phenoxy) is 2. The first-order valence-electron chi connectivity index (χ1n) is 13.1. The van der Waals surface area contributed by atoms with Gasteiger partial charge in [-0.1, -0.05) is 47.0 Å². The van der Waals surface area contributed by atoms with Gasteiger partial charge in [0, 0.05) is 5.25 Å². The molecule has 0 aromatic heterocycles. The fraction of sp³-hybridized carbons (Fsp3) is 0.923. The first kappa shape index (κ1) is 34.9. The van der Waals surface area contributed by atoms with Gasteiger partial charge in [0.05, 0.1) is 35.2 Å². The molecular weight excluding hydrogens is 479 g/mol. The zero-order valence-electron chi connectivity index (χ0n) is 23.1. The van der Waals surface area contributed by atoms with Gasteiger partial charge >= 0.3 is 41.5 Å². The Kier molecular flexibility index (Phi) is 16.6. The number of unbranched alkanes of at least 4 members (excludes halogenated alkanes) is 1. The van der Waals surface area contributed by atoms with Crippen molar-refractivity contribution in [2.45, 2.75) is 110 Å². The SMILES string of the molecule is CCCCC(CC)COC(=O)C(CC(C)C1CCC(S(=O)(=O)[O-])CC1)CC(C)(CC)C(=O)OC.[Na+]. The van der Waals surface area contributed by atoms with Crippen LogP contribution < -0.4 is 29.6 Å². The molecule has 0 N–H and O–H groups in total. The van der Waals surface area contributed by atoms with Crippen molar-refractivity contribution in [1.29, 1.82) is 0 Å². The van der Waals surface area contributed by atoms with Crippen LogP contribution in [0.4, 0.5) is 0 Å². The maximum absolute atomic E-state index is 13.2. The predicted octanol–water partition coefficient (Wildman–Crippen LogP) is 2.48. The Labute approximate surface area is 235 Å². The number of rotatable bonds is 15. The summed E-state index contributed by atoms with van der Waals surface area (Å²) in [5.74, 6) is -0.300. The minimum atomic E-state index is -4.25. The summed E-state index contributed by atoms with van der Waals surface area (Å²) in [5.41, 5.74) is -0.779. The Morgan fingerprint density at radius 3 is 2.17 bits per heavy atom. The van der Waals surface area contributed by atoms with Crippen LogP contribution in [0.15, 0.2) is 0 Å². The van der Waals surface area contributed by atoms with E-state index in [9.17, 15) is 22.6 Å². The second-order valence-electron chi connectivity index (χ2n) is 10.6. The van der Waals surface area contributed by atoms with Crippen molar-refractivity contribution < 1.29 is 61.6 Å².